The lowest BCUT2D eigenvalue weighted by atomic mass is 9.75. The molecule has 0 unspecified atom stereocenters. The van der Waals surface area contributed by atoms with E-state index in [4.69, 9.17) is 9.05 Å². The van der Waals surface area contributed by atoms with Crippen LogP contribution in [0.15, 0.2) is 60.7 Å². The van der Waals surface area contributed by atoms with Gasteiger partial charge in [-0.2, -0.15) is 0 Å². The quantitative estimate of drug-likeness (QED) is 0.281. The second-order valence-corrected chi connectivity index (χ2v) is 15.2. The van der Waals surface area contributed by atoms with E-state index >= 15 is 4.57 Å². The van der Waals surface area contributed by atoms with E-state index in [1.165, 1.54) is 12.8 Å². The molecule has 1 N–H and O–H groups in total. The number of nitrogens with one attached hydrogen (secondary N) is 1. The lowest BCUT2D eigenvalue weighted by Crippen LogP contribution is -2.38. The number of rotatable bonds is 11. The smallest absolute Gasteiger partial charge is 0.304 e. The van der Waals surface area contributed by atoms with Crippen LogP contribution in [0.5, 0.6) is 0 Å². The Balaban J connectivity index is 1.73. The van der Waals surface area contributed by atoms with Crippen LogP contribution in [0.1, 0.15) is 97.0 Å². The molecule has 216 valence electrons. The third-order valence-electron chi connectivity index (χ3n) is 9.26. The van der Waals surface area contributed by atoms with Crippen molar-refractivity contribution in [2.45, 2.75) is 105 Å². The maximum absolute atomic E-state index is 15.5. The summed E-state index contributed by atoms with van der Waals surface area (Å²) in [6.45, 7) is 14.3. The van der Waals surface area contributed by atoms with Gasteiger partial charge in [0.15, 0.2) is 0 Å². The van der Waals surface area contributed by atoms with Crippen molar-refractivity contribution < 1.29 is 13.6 Å². The molecule has 2 aliphatic rings. The van der Waals surface area contributed by atoms with E-state index < -0.39 is 13.4 Å². The molecule has 0 radical (unpaired) electrons. The Morgan fingerprint density at radius 2 is 1.21 bits per heavy atom. The lowest BCUT2D eigenvalue weighted by molar-refractivity contribution is -0.00694. The Kier molecular flexibility index (Phi) is 10.9. The van der Waals surface area contributed by atoms with Gasteiger partial charge in [0.25, 0.3) is 0 Å². The van der Waals surface area contributed by atoms with Gasteiger partial charge in [-0.3, -0.25) is 9.88 Å². The first-order valence-electron chi connectivity index (χ1n) is 15.4. The molecular weight excluding hydrogens is 501 g/mol. The van der Waals surface area contributed by atoms with Gasteiger partial charge in [0.1, 0.15) is 5.78 Å². The molecule has 2 fully saturated rings. The highest BCUT2D eigenvalue weighted by Gasteiger charge is 2.46. The first-order chi connectivity index (χ1) is 18.7. The highest BCUT2D eigenvalue weighted by molar-refractivity contribution is 7.54. The SMILES string of the molecule is CC(C)[C@H]1CC[C@@H](C)C[C@H]1OP(=O)(O[C@@H]1C[C@H](C)CC[C@@H]1C(C)C)[C@@H](NCc1ccccc1)c1ccccc1. The summed E-state index contributed by atoms with van der Waals surface area (Å²) >= 11 is 0. The minimum Gasteiger partial charge on any atom is -0.304 e. The van der Waals surface area contributed by atoms with Crippen molar-refractivity contribution in [3.8, 4) is 0 Å². The molecule has 0 amide bonds. The lowest BCUT2D eigenvalue weighted by Gasteiger charge is -2.43. The summed E-state index contributed by atoms with van der Waals surface area (Å²) in [5.41, 5.74) is 2.12. The highest BCUT2D eigenvalue weighted by atomic mass is 31.2. The van der Waals surface area contributed by atoms with Gasteiger partial charge in [-0.05, 0) is 72.3 Å². The Labute approximate surface area is 238 Å². The fourth-order valence-corrected chi connectivity index (χ4v) is 9.24. The summed E-state index contributed by atoms with van der Waals surface area (Å²) in [7, 11) is -3.64. The Bertz CT molecular complexity index is 1000. The second-order valence-electron chi connectivity index (χ2n) is 13.2. The predicted octanol–water partition coefficient (Wildman–Crippen LogP) is 9.62. The fraction of sp³-hybridized carbons (Fsp3) is 0.647. The van der Waals surface area contributed by atoms with Gasteiger partial charge in [0.05, 0.1) is 12.2 Å². The Morgan fingerprint density at radius 3 is 1.67 bits per heavy atom. The predicted molar refractivity (Wildman–Crippen MR) is 163 cm³/mol. The average molecular weight is 554 g/mol. The summed E-state index contributed by atoms with van der Waals surface area (Å²) in [5.74, 6) is 2.30. The van der Waals surface area contributed by atoms with E-state index in [0.717, 1.165) is 36.8 Å². The molecule has 4 rings (SSSR count). The van der Waals surface area contributed by atoms with Crippen LogP contribution in [0.2, 0.25) is 0 Å². The molecule has 4 nitrogen and oxygen atoms in total. The molecule has 39 heavy (non-hydrogen) atoms. The van der Waals surface area contributed by atoms with Gasteiger partial charge < -0.3 is 9.05 Å². The zero-order valence-electron chi connectivity index (χ0n) is 25.1. The first-order valence-corrected chi connectivity index (χ1v) is 17.1. The van der Waals surface area contributed by atoms with Crippen molar-refractivity contribution in [2.75, 3.05) is 0 Å². The van der Waals surface area contributed by atoms with Crippen LogP contribution in [0.25, 0.3) is 0 Å². The summed E-state index contributed by atoms with van der Waals surface area (Å²) in [6, 6.07) is 20.5. The molecule has 2 saturated carbocycles. The van der Waals surface area contributed by atoms with Crippen LogP contribution < -0.4 is 5.32 Å². The molecule has 0 bridgehead atoms. The van der Waals surface area contributed by atoms with E-state index in [2.05, 4.69) is 83.3 Å². The number of hydrogen-bond acceptors (Lipinski definition) is 4. The van der Waals surface area contributed by atoms with Crippen LogP contribution in [0, 0.1) is 35.5 Å². The van der Waals surface area contributed by atoms with E-state index in [9.17, 15) is 0 Å². The molecular formula is C34H52NO3P. The van der Waals surface area contributed by atoms with Crippen LogP contribution in [0.3, 0.4) is 0 Å². The van der Waals surface area contributed by atoms with Gasteiger partial charge in [-0.15, -0.1) is 0 Å². The molecule has 2 aromatic carbocycles. The Morgan fingerprint density at radius 1 is 0.744 bits per heavy atom. The second kappa shape index (κ2) is 13.9. The van der Waals surface area contributed by atoms with Crippen molar-refractivity contribution in [3.63, 3.8) is 0 Å². The van der Waals surface area contributed by atoms with Crippen LogP contribution in [-0.2, 0) is 20.2 Å². The normalized spacial score (nSPS) is 29.0. The average Bonchev–Trinajstić information content (AvgIpc) is 2.89. The van der Waals surface area contributed by atoms with Gasteiger partial charge in [0.2, 0.25) is 0 Å². The monoisotopic (exact) mass is 553 g/mol. The third-order valence-corrected chi connectivity index (χ3v) is 11.5. The summed E-state index contributed by atoms with van der Waals surface area (Å²) in [4.78, 5) is 0. The van der Waals surface area contributed by atoms with E-state index in [1.807, 2.05) is 24.3 Å². The molecule has 2 aliphatic carbocycles. The van der Waals surface area contributed by atoms with E-state index in [1.54, 1.807) is 0 Å². The zero-order chi connectivity index (χ0) is 28.0. The molecule has 0 aromatic heterocycles. The molecule has 0 spiro atoms. The highest BCUT2D eigenvalue weighted by Crippen LogP contribution is 2.64. The molecule has 2 aromatic rings. The largest absolute Gasteiger partial charge is 0.352 e. The van der Waals surface area contributed by atoms with Crippen molar-refractivity contribution in [1.82, 2.24) is 5.32 Å². The van der Waals surface area contributed by atoms with E-state index in [-0.39, 0.29) is 12.2 Å². The Hall–Kier alpha value is -1.45. The summed E-state index contributed by atoms with van der Waals surface area (Å²) in [6.07, 6.45) is 6.38. The molecule has 0 aliphatic heterocycles. The summed E-state index contributed by atoms with van der Waals surface area (Å²) < 4.78 is 29.4. The molecule has 0 saturated heterocycles. The number of hydrogen-bond donors (Lipinski definition) is 1. The van der Waals surface area contributed by atoms with Crippen molar-refractivity contribution in [3.05, 3.63) is 71.8 Å². The maximum Gasteiger partial charge on any atom is 0.352 e. The van der Waals surface area contributed by atoms with E-state index in [0.29, 0.717) is 42.1 Å². The number of benzene rings is 2. The molecule has 7 atom stereocenters. The fourth-order valence-electron chi connectivity index (χ4n) is 6.85. The van der Waals surface area contributed by atoms with Gasteiger partial charge in [-0.1, -0.05) is 115 Å². The minimum absolute atomic E-state index is 0.0668. The minimum atomic E-state index is -3.64. The van der Waals surface area contributed by atoms with Crippen LogP contribution >= 0.6 is 7.60 Å². The van der Waals surface area contributed by atoms with Crippen LogP contribution in [0.4, 0.5) is 0 Å². The standard InChI is InChI=1S/C34H52NO3P/c1-24(2)30-19-17-26(5)21-32(30)37-39(36,38-33-22-27(6)18-20-31(33)25(3)4)34(29-15-11-8-12-16-29)35-23-28-13-9-7-10-14-28/h7-16,24-27,30-35H,17-23H2,1-6H3/t26-,27-,30-,31-,32-,33-,34-/m1/s1. The molecule has 5 heteroatoms. The zero-order valence-corrected chi connectivity index (χ0v) is 26.0. The van der Waals surface area contributed by atoms with Crippen molar-refractivity contribution in [1.29, 1.82) is 0 Å². The van der Waals surface area contributed by atoms with Gasteiger partial charge in [0, 0.05) is 6.54 Å². The van der Waals surface area contributed by atoms with Crippen molar-refractivity contribution in [2.24, 2.45) is 35.5 Å². The first kappa shape index (κ1) is 30.5. The van der Waals surface area contributed by atoms with Crippen molar-refractivity contribution >= 4 is 7.60 Å². The summed E-state index contributed by atoms with van der Waals surface area (Å²) in [5, 5.41) is 3.67. The third kappa shape index (κ3) is 8.07. The van der Waals surface area contributed by atoms with Gasteiger partial charge >= 0.3 is 7.60 Å². The topological polar surface area (TPSA) is 47.6 Å². The maximum atomic E-state index is 15.5. The molecule has 0 heterocycles. The van der Waals surface area contributed by atoms with Crippen LogP contribution in [-0.4, -0.2) is 12.2 Å². The van der Waals surface area contributed by atoms with Gasteiger partial charge in [-0.25, -0.2) is 0 Å².